The van der Waals surface area contributed by atoms with E-state index in [1.54, 1.807) is 6.92 Å². The molecule has 0 amide bonds. The molecule has 17 heavy (non-hydrogen) atoms. The van der Waals surface area contributed by atoms with E-state index in [1.165, 1.54) is 19.2 Å². The fraction of sp³-hybridized carbons (Fsp3) is 0.364. The summed E-state index contributed by atoms with van der Waals surface area (Å²) in [5.74, 6) is -0.983. The Bertz CT molecular complexity index is 403. The van der Waals surface area contributed by atoms with Crippen LogP contribution in [0.5, 0.6) is 0 Å². The SMILES string of the molecule is COC(=O)CC(C)Nc1cc(Cl)c(F)c(Cl)c1. The average molecular weight is 280 g/mol. The summed E-state index contributed by atoms with van der Waals surface area (Å²) in [6.45, 7) is 1.79. The summed E-state index contributed by atoms with van der Waals surface area (Å²) in [6, 6.07) is 2.66. The lowest BCUT2D eigenvalue weighted by Crippen LogP contribution is -2.20. The van der Waals surface area contributed by atoms with Crippen molar-refractivity contribution in [1.82, 2.24) is 0 Å². The van der Waals surface area contributed by atoms with E-state index in [-0.39, 0.29) is 28.5 Å². The third kappa shape index (κ3) is 4.06. The number of carbonyl (C=O) groups is 1. The predicted molar refractivity (Wildman–Crippen MR) is 66.1 cm³/mol. The topological polar surface area (TPSA) is 38.3 Å². The summed E-state index contributed by atoms with van der Waals surface area (Å²) >= 11 is 11.3. The van der Waals surface area contributed by atoms with Gasteiger partial charge >= 0.3 is 5.97 Å². The number of hydrogen-bond donors (Lipinski definition) is 1. The van der Waals surface area contributed by atoms with Crippen LogP contribution in [-0.4, -0.2) is 19.1 Å². The van der Waals surface area contributed by atoms with E-state index >= 15 is 0 Å². The highest BCUT2D eigenvalue weighted by atomic mass is 35.5. The molecule has 0 saturated heterocycles. The highest BCUT2D eigenvalue weighted by Crippen LogP contribution is 2.27. The summed E-state index contributed by atoms with van der Waals surface area (Å²) in [5, 5.41) is 2.85. The third-order valence-electron chi connectivity index (χ3n) is 2.10. The summed E-state index contributed by atoms with van der Waals surface area (Å²) < 4.78 is 17.7. The minimum atomic E-state index is -0.653. The van der Waals surface area contributed by atoms with Gasteiger partial charge in [-0.25, -0.2) is 4.39 Å². The Morgan fingerprint density at radius 3 is 2.47 bits per heavy atom. The number of anilines is 1. The van der Waals surface area contributed by atoms with Crippen LogP contribution in [0.4, 0.5) is 10.1 Å². The molecule has 1 aromatic carbocycles. The van der Waals surface area contributed by atoms with Crippen molar-refractivity contribution in [2.24, 2.45) is 0 Å². The Balaban J connectivity index is 2.72. The standard InChI is InChI=1S/C11H12Cl2FNO2/c1-6(3-10(16)17-2)15-7-4-8(12)11(14)9(13)5-7/h4-6,15H,3H2,1-2H3. The van der Waals surface area contributed by atoms with Crippen LogP contribution in [0.1, 0.15) is 13.3 Å². The molecule has 0 bridgehead atoms. The monoisotopic (exact) mass is 279 g/mol. The number of benzene rings is 1. The zero-order chi connectivity index (χ0) is 13.0. The minimum Gasteiger partial charge on any atom is -0.469 e. The quantitative estimate of drug-likeness (QED) is 0.677. The van der Waals surface area contributed by atoms with Crippen molar-refractivity contribution in [1.29, 1.82) is 0 Å². The van der Waals surface area contributed by atoms with E-state index in [2.05, 4.69) is 10.1 Å². The highest BCUT2D eigenvalue weighted by molar-refractivity contribution is 6.35. The van der Waals surface area contributed by atoms with Gasteiger partial charge in [0.1, 0.15) is 0 Å². The van der Waals surface area contributed by atoms with Crippen LogP contribution in [0.2, 0.25) is 10.0 Å². The van der Waals surface area contributed by atoms with Crippen molar-refractivity contribution in [3.63, 3.8) is 0 Å². The van der Waals surface area contributed by atoms with Gasteiger partial charge in [-0.15, -0.1) is 0 Å². The number of methoxy groups -OCH3 is 1. The largest absolute Gasteiger partial charge is 0.469 e. The van der Waals surface area contributed by atoms with Crippen LogP contribution in [0.25, 0.3) is 0 Å². The molecule has 0 aromatic heterocycles. The van der Waals surface area contributed by atoms with Crippen LogP contribution in [0, 0.1) is 5.82 Å². The molecule has 0 aliphatic carbocycles. The van der Waals surface area contributed by atoms with Gasteiger partial charge in [-0.05, 0) is 19.1 Å². The first kappa shape index (κ1) is 14.1. The van der Waals surface area contributed by atoms with E-state index in [0.717, 1.165) is 0 Å². The zero-order valence-electron chi connectivity index (χ0n) is 9.39. The van der Waals surface area contributed by atoms with Gasteiger partial charge in [0.15, 0.2) is 5.82 Å². The van der Waals surface area contributed by atoms with E-state index in [4.69, 9.17) is 23.2 Å². The van der Waals surface area contributed by atoms with Crippen LogP contribution in [0.3, 0.4) is 0 Å². The maximum atomic E-state index is 13.1. The van der Waals surface area contributed by atoms with Crippen LogP contribution >= 0.6 is 23.2 Å². The van der Waals surface area contributed by atoms with E-state index in [9.17, 15) is 9.18 Å². The fourth-order valence-corrected chi connectivity index (χ4v) is 1.79. The Kier molecular flexibility index (Phi) is 5.02. The first-order chi connectivity index (χ1) is 7.93. The van der Waals surface area contributed by atoms with E-state index in [0.29, 0.717) is 5.69 Å². The van der Waals surface area contributed by atoms with Gasteiger partial charge in [-0.2, -0.15) is 0 Å². The summed E-state index contributed by atoms with van der Waals surface area (Å²) in [7, 11) is 1.32. The maximum Gasteiger partial charge on any atom is 0.307 e. The molecule has 1 atom stereocenters. The molecule has 3 nitrogen and oxygen atoms in total. The van der Waals surface area contributed by atoms with Gasteiger partial charge in [0.25, 0.3) is 0 Å². The number of rotatable bonds is 4. The number of halogens is 3. The number of ether oxygens (including phenoxy) is 1. The van der Waals surface area contributed by atoms with Crippen molar-refractivity contribution >= 4 is 34.9 Å². The molecule has 0 radical (unpaired) electrons. The average Bonchev–Trinajstić information content (AvgIpc) is 2.25. The highest BCUT2D eigenvalue weighted by Gasteiger charge is 2.12. The molecule has 0 fully saturated rings. The van der Waals surface area contributed by atoms with Gasteiger partial charge in [-0.1, -0.05) is 23.2 Å². The first-order valence-electron chi connectivity index (χ1n) is 4.92. The molecular formula is C11H12Cl2FNO2. The zero-order valence-corrected chi connectivity index (χ0v) is 10.9. The van der Waals surface area contributed by atoms with Gasteiger partial charge in [0, 0.05) is 11.7 Å². The third-order valence-corrected chi connectivity index (χ3v) is 2.65. The summed E-state index contributed by atoms with van der Waals surface area (Å²) in [6.07, 6.45) is 0.198. The number of carbonyl (C=O) groups excluding carboxylic acids is 1. The lowest BCUT2D eigenvalue weighted by atomic mass is 10.2. The van der Waals surface area contributed by atoms with Crippen LogP contribution in [-0.2, 0) is 9.53 Å². The second-order valence-electron chi connectivity index (χ2n) is 3.58. The summed E-state index contributed by atoms with van der Waals surface area (Å²) in [5.41, 5.74) is 0.554. The van der Waals surface area contributed by atoms with Crippen LogP contribution < -0.4 is 5.32 Å². The smallest absolute Gasteiger partial charge is 0.307 e. The van der Waals surface area contributed by atoms with Crippen LogP contribution in [0.15, 0.2) is 12.1 Å². The molecule has 94 valence electrons. The molecular weight excluding hydrogens is 268 g/mol. The fourth-order valence-electron chi connectivity index (χ4n) is 1.31. The lowest BCUT2D eigenvalue weighted by molar-refractivity contribution is -0.140. The maximum absolute atomic E-state index is 13.1. The van der Waals surface area contributed by atoms with Gasteiger partial charge < -0.3 is 10.1 Å². The van der Waals surface area contributed by atoms with E-state index < -0.39 is 5.82 Å². The number of esters is 1. The second kappa shape index (κ2) is 6.07. The Morgan fingerprint density at radius 2 is 2.00 bits per heavy atom. The van der Waals surface area contributed by atoms with Crippen molar-refractivity contribution in [2.75, 3.05) is 12.4 Å². The molecule has 1 rings (SSSR count). The second-order valence-corrected chi connectivity index (χ2v) is 4.39. The molecule has 0 aliphatic rings. The molecule has 1 aromatic rings. The van der Waals surface area contributed by atoms with E-state index in [1.807, 2.05) is 0 Å². The van der Waals surface area contributed by atoms with Crippen molar-refractivity contribution in [2.45, 2.75) is 19.4 Å². The lowest BCUT2D eigenvalue weighted by Gasteiger charge is -2.14. The summed E-state index contributed by atoms with van der Waals surface area (Å²) in [4.78, 5) is 11.0. The number of nitrogens with one attached hydrogen (secondary N) is 1. The van der Waals surface area contributed by atoms with Gasteiger partial charge in [0.2, 0.25) is 0 Å². The van der Waals surface area contributed by atoms with Gasteiger partial charge in [-0.3, -0.25) is 4.79 Å². The van der Waals surface area contributed by atoms with Crippen molar-refractivity contribution in [3.8, 4) is 0 Å². The molecule has 6 heteroatoms. The molecule has 0 saturated carbocycles. The Morgan fingerprint density at radius 1 is 1.47 bits per heavy atom. The first-order valence-corrected chi connectivity index (χ1v) is 5.67. The normalized spacial score (nSPS) is 12.1. The Hall–Kier alpha value is -1.00. The van der Waals surface area contributed by atoms with Gasteiger partial charge in [0.05, 0.1) is 23.6 Å². The molecule has 0 aliphatic heterocycles. The predicted octanol–water partition coefficient (Wildman–Crippen LogP) is 3.50. The molecule has 0 heterocycles. The molecule has 1 unspecified atom stereocenters. The minimum absolute atomic E-state index is 0.0646. The molecule has 0 spiro atoms. The molecule has 1 N–H and O–H groups in total. The Labute approximate surface area is 109 Å². The van der Waals surface area contributed by atoms with Crippen molar-refractivity contribution in [3.05, 3.63) is 28.0 Å². The van der Waals surface area contributed by atoms with Crippen molar-refractivity contribution < 1.29 is 13.9 Å². The number of hydrogen-bond acceptors (Lipinski definition) is 3.